The van der Waals surface area contributed by atoms with Crippen LogP contribution in [0.4, 0.5) is 0 Å². The second kappa shape index (κ2) is 7.38. The summed E-state index contributed by atoms with van der Waals surface area (Å²) in [6.45, 7) is 0.105. The van der Waals surface area contributed by atoms with E-state index in [0.29, 0.717) is 5.56 Å². The van der Waals surface area contributed by atoms with Crippen LogP contribution >= 0.6 is 15.9 Å². The first kappa shape index (κ1) is 16.5. The number of carbonyl (C=O) groups is 1. The molecule has 2 rings (SSSR count). The molecule has 7 heteroatoms. The lowest BCUT2D eigenvalue weighted by Gasteiger charge is -2.12. The molecule has 0 atom stereocenters. The number of sulfonamides is 1. The van der Waals surface area contributed by atoms with Crippen LogP contribution in [0, 0.1) is 0 Å². The molecule has 1 aliphatic rings. The van der Waals surface area contributed by atoms with E-state index in [4.69, 9.17) is 0 Å². The SMILES string of the molecule is O=C(NCCS(=O)(=O)NC1CCCC1)c1cccc(Br)c1. The molecule has 1 aromatic rings. The summed E-state index contributed by atoms with van der Waals surface area (Å²) in [5.41, 5.74) is 0.505. The summed E-state index contributed by atoms with van der Waals surface area (Å²) in [5, 5.41) is 2.63. The topological polar surface area (TPSA) is 75.3 Å². The molecule has 1 saturated carbocycles. The lowest BCUT2D eigenvalue weighted by Crippen LogP contribution is -2.38. The Balaban J connectivity index is 1.79. The van der Waals surface area contributed by atoms with Crippen molar-refractivity contribution >= 4 is 31.9 Å². The van der Waals surface area contributed by atoms with E-state index in [1.54, 1.807) is 18.2 Å². The van der Waals surface area contributed by atoms with Gasteiger partial charge >= 0.3 is 0 Å². The van der Waals surface area contributed by atoms with Gasteiger partial charge in [-0.15, -0.1) is 0 Å². The minimum atomic E-state index is -3.33. The summed E-state index contributed by atoms with van der Waals surface area (Å²) in [7, 11) is -3.33. The van der Waals surface area contributed by atoms with E-state index in [-0.39, 0.29) is 24.2 Å². The van der Waals surface area contributed by atoms with Crippen molar-refractivity contribution in [2.45, 2.75) is 31.7 Å². The summed E-state index contributed by atoms with van der Waals surface area (Å²) >= 11 is 3.29. The van der Waals surface area contributed by atoms with Crippen LogP contribution in [0.1, 0.15) is 36.0 Å². The number of halogens is 1. The Hall–Kier alpha value is -0.920. The van der Waals surface area contributed by atoms with Crippen LogP contribution in [-0.4, -0.2) is 32.7 Å². The highest BCUT2D eigenvalue weighted by Crippen LogP contribution is 2.18. The Labute approximate surface area is 133 Å². The summed E-state index contributed by atoms with van der Waals surface area (Å²) in [6.07, 6.45) is 3.97. The molecular weight excluding hydrogens is 356 g/mol. The van der Waals surface area contributed by atoms with Gasteiger partial charge in [-0.2, -0.15) is 0 Å². The lowest BCUT2D eigenvalue weighted by atomic mass is 10.2. The lowest BCUT2D eigenvalue weighted by molar-refractivity contribution is 0.0956. The summed E-state index contributed by atoms with van der Waals surface area (Å²) in [4.78, 5) is 11.9. The highest BCUT2D eigenvalue weighted by Gasteiger charge is 2.21. The first-order valence-electron chi connectivity index (χ1n) is 7.00. The summed E-state index contributed by atoms with van der Waals surface area (Å²) in [6, 6.07) is 7.03. The van der Waals surface area contributed by atoms with Crippen molar-refractivity contribution in [3.05, 3.63) is 34.3 Å². The molecular formula is C14H19BrN2O3S. The molecule has 2 N–H and O–H groups in total. The minimum Gasteiger partial charge on any atom is -0.351 e. The number of hydrogen-bond donors (Lipinski definition) is 2. The van der Waals surface area contributed by atoms with Gasteiger partial charge in [-0.25, -0.2) is 13.1 Å². The molecule has 5 nitrogen and oxygen atoms in total. The maximum Gasteiger partial charge on any atom is 0.251 e. The van der Waals surface area contributed by atoms with Crippen molar-refractivity contribution in [2.75, 3.05) is 12.3 Å². The smallest absolute Gasteiger partial charge is 0.251 e. The quantitative estimate of drug-likeness (QED) is 0.799. The van der Waals surface area contributed by atoms with Gasteiger partial charge in [0.2, 0.25) is 10.0 Å². The molecule has 0 spiro atoms. The van der Waals surface area contributed by atoms with Gasteiger partial charge in [-0.1, -0.05) is 34.8 Å². The maximum atomic E-state index is 11.9. The van der Waals surface area contributed by atoms with Crippen molar-refractivity contribution in [1.29, 1.82) is 0 Å². The van der Waals surface area contributed by atoms with E-state index in [9.17, 15) is 13.2 Å². The fraction of sp³-hybridized carbons (Fsp3) is 0.500. The molecule has 0 heterocycles. The van der Waals surface area contributed by atoms with Crippen LogP contribution in [0.15, 0.2) is 28.7 Å². The fourth-order valence-electron chi connectivity index (χ4n) is 2.39. The zero-order chi connectivity index (χ0) is 15.3. The number of carbonyl (C=O) groups excluding carboxylic acids is 1. The van der Waals surface area contributed by atoms with E-state index in [0.717, 1.165) is 30.2 Å². The summed E-state index contributed by atoms with van der Waals surface area (Å²) in [5.74, 6) is -0.365. The highest BCUT2D eigenvalue weighted by molar-refractivity contribution is 9.10. The molecule has 116 valence electrons. The third kappa shape index (κ3) is 5.41. The van der Waals surface area contributed by atoms with Crippen molar-refractivity contribution in [3.63, 3.8) is 0 Å². The molecule has 0 aliphatic heterocycles. The van der Waals surface area contributed by atoms with Gasteiger partial charge in [-0.3, -0.25) is 4.79 Å². The molecule has 1 amide bonds. The highest BCUT2D eigenvalue weighted by atomic mass is 79.9. The number of hydrogen-bond acceptors (Lipinski definition) is 3. The predicted molar refractivity (Wildman–Crippen MR) is 85.7 cm³/mol. The Bertz CT molecular complexity index is 598. The van der Waals surface area contributed by atoms with Crippen molar-refractivity contribution < 1.29 is 13.2 Å². The molecule has 0 radical (unpaired) electrons. The van der Waals surface area contributed by atoms with E-state index in [1.807, 2.05) is 6.07 Å². The van der Waals surface area contributed by atoms with Gasteiger partial charge in [0.25, 0.3) is 5.91 Å². The van der Waals surface area contributed by atoms with Crippen LogP contribution in [0.5, 0.6) is 0 Å². The van der Waals surface area contributed by atoms with Gasteiger partial charge in [0.05, 0.1) is 5.75 Å². The van der Waals surface area contributed by atoms with Crippen molar-refractivity contribution in [2.24, 2.45) is 0 Å². The molecule has 1 aliphatic carbocycles. The zero-order valence-corrected chi connectivity index (χ0v) is 14.0. The predicted octanol–water partition coefficient (Wildman–Crippen LogP) is 2.04. The number of nitrogens with one attached hydrogen (secondary N) is 2. The Morgan fingerprint density at radius 1 is 1.29 bits per heavy atom. The Morgan fingerprint density at radius 3 is 2.67 bits per heavy atom. The van der Waals surface area contributed by atoms with Crippen LogP contribution in [0.2, 0.25) is 0 Å². The molecule has 1 fully saturated rings. The molecule has 0 aromatic heterocycles. The van der Waals surface area contributed by atoms with E-state index in [2.05, 4.69) is 26.0 Å². The number of rotatable bonds is 6. The maximum absolute atomic E-state index is 11.9. The van der Waals surface area contributed by atoms with Gasteiger partial charge in [0.15, 0.2) is 0 Å². The largest absolute Gasteiger partial charge is 0.351 e. The third-order valence-corrected chi connectivity index (χ3v) is 5.37. The molecule has 21 heavy (non-hydrogen) atoms. The minimum absolute atomic E-state index is 0.0655. The van der Waals surface area contributed by atoms with Crippen LogP contribution in [-0.2, 0) is 10.0 Å². The van der Waals surface area contributed by atoms with Crippen molar-refractivity contribution in [1.82, 2.24) is 10.0 Å². The van der Waals surface area contributed by atoms with Gasteiger partial charge in [0, 0.05) is 22.6 Å². The number of benzene rings is 1. The Morgan fingerprint density at radius 2 is 2.00 bits per heavy atom. The third-order valence-electron chi connectivity index (χ3n) is 3.44. The molecule has 0 bridgehead atoms. The second-order valence-electron chi connectivity index (χ2n) is 5.18. The monoisotopic (exact) mass is 374 g/mol. The summed E-state index contributed by atoms with van der Waals surface area (Å²) < 4.78 is 27.3. The zero-order valence-electron chi connectivity index (χ0n) is 11.6. The van der Waals surface area contributed by atoms with E-state index >= 15 is 0 Å². The number of amides is 1. The van der Waals surface area contributed by atoms with Gasteiger partial charge in [-0.05, 0) is 31.0 Å². The second-order valence-corrected chi connectivity index (χ2v) is 7.97. The van der Waals surface area contributed by atoms with E-state index in [1.165, 1.54) is 0 Å². The standard InChI is InChI=1S/C14H19BrN2O3S/c15-12-5-3-4-11(10-12)14(18)16-8-9-21(19,20)17-13-6-1-2-7-13/h3-5,10,13,17H,1-2,6-9H2,(H,16,18). The first-order chi connectivity index (χ1) is 9.96. The normalized spacial score (nSPS) is 16.0. The van der Waals surface area contributed by atoms with E-state index < -0.39 is 10.0 Å². The van der Waals surface area contributed by atoms with Gasteiger partial charge in [0.1, 0.15) is 0 Å². The van der Waals surface area contributed by atoms with Crippen molar-refractivity contribution in [3.8, 4) is 0 Å². The fourth-order valence-corrected chi connectivity index (χ4v) is 4.02. The van der Waals surface area contributed by atoms with Gasteiger partial charge < -0.3 is 5.32 Å². The van der Waals surface area contributed by atoms with Crippen LogP contribution < -0.4 is 10.0 Å². The Kier molecular flexibility index (Phi) is 5.78. The van der Waals surface area contributed by atoms with Crippen LogP contribution in [0.3, 0.4) is 0 Å². The molecule has 0 saturated heterocycles. The van der Waals surface area contributed by atoms with Crippen LogP contribution in [0.25, 0.3) is 0 Å². The molecule has 0 unspecified atom stereocenters. The first-order valence-corrected chi connectivity index (χ1v) is 9.44. The molecule has 1 aromatic carbocycles. The average Bonchev–Trinajstić information content (AvgIpc) is 2.90. The average molecular weight is 375 g/mol.